The van der Waals surface area contributed by atoms with Gasteiger partial charge in [-0.1, -0.05) is 34.8 Å². The largest absolute Gasteiger partial charge is 0.505 e. The van der Waals surface area contributed by atoms with Gasteiger partial charge in [0.2, 0.25) is 5.91 Å². The Bertz CT molecular complexity index is 906. The van der Waals surface area contributed by atoms with Gasteiger partial charge in [0, 0.05) is 31.9 Å². The smallest absolute Gasteiger partial charge is 0.259 e. The fourth-order valence-electron chi connectivity index (χ4n) is 2.98. The number of carbonyl (C=O) groups excluding carboxylic acids is 2. The molecule has 1 fully saturated rings. The van der Waals surface area contributed by atoms with Crippen LogP contribution < -0.4 is 5.32 Å². The van der Waals surface area contributed by atoms with Crippen LogP contribution in [0.5, 0.6) is 5.75 Å². The third-order valence-corrected chi connectivity index (χ3v) is 5.59. The Morgan fingerprint density at radius 1 is 1.03 bits per heavy atom. The van der Waals surface area contributed by atoms with E-state index in [0.29, 0.717) is 31.9 Å². The number of hydrogen-bond donors (Lipinski definition) is 2. The highest BCUT2D eigenvalue weighted by molar-refractivity contribution is 6.45. The summed E-state index contributed by atoms with van der Waals surface area (Å²) in [6, 6.07) is 6.77. The first-order valence-electron chi connectivity index (χ1n) is 8.69. The molecule has 154 valence electrons. The summed E-state index contributed by atoms with van der Waals surface area (Å²) in [4.78, 5) is 28.3. The number of rotatable bonds is 4. The van der Waals surface area contributed by atoms with E-state index < -0.39 is 11.7 Å². The normalized spacial score (nSPS) is 14.7. The number of piperazine rings is 1. The van der Waals surface area contributed by atoms with Crippen molar-refractivity contribution < 1.29 is 19.1 Å². The molecule has 0 saturated carbocycles. The predicted octanol–water partition coefficient (Wildman–Crippen LogP) is 3.89. The molecule has 0 aliphatic carbocycles. The molecule has 2 aromatic rings. The zero-order chi connectivity index (χ0) is 21.1. The number of nitrogens with one attached hydrogen (secondary N) is 1. The molecule has 0 spiro atoms. The Morgan fingerprint density at radius 3 is 2.28 bits per heavy atom. The van der Waals surface area contributed by atoms with Gasteiger partial charge in [0.05, 0.1) is 21.6 Å². The van der Waals surface area contributed by atoms with Crippen LogP contribution in [0.1, 0.15) is 10.4 Å². The lowest BCUT2D eigenvalue weighted by Crippen LogP contribution is -2.50. The van der Waals surface area contributed by atoms with Crippen molar-refractivity contribution in [2.45, 2.75) is 0 Å². The molecule has 29 heavy (non-hydrogen) atoms. The van der Waals surface area contributed by atoms with Gasteiger partial charge in [0.25, 0.3) is 5.91 Å². The first-order valence-corrected chi connectivity index (χ1v) is 9.83. The quantitative estimate of drug-likeness (QED) is 0.679. The summed E-state index contributed by atoms with van der Waals surface area (Å²) in [7, 11) is 0. The molecular weight excluding hydrogens is 444 g/mol. The van der Waals surface area contributed by atoms with Crippen LogP contribution in [0.3, 0.4) is 0 Å². The Kier molecular flexibility index (Phi) is 6.85. The second kappa shape index (κ2) is 9.17. The minimum absolute atomic E-state index is 0.0559. The fourth-order valence-corrected chi connectivity index (χ4v) is 3.67. The van der Waals surface area contributed by atoms with E-state index >= 15 is 0 Å². The summed E-state index contributed by atoms with van der Waals surface area (Å²) < 4.78 is 12.9. The molecule has 3 rings (SSSR count). The maximum Gasteiger partial charge on any atom is 0.259 e. The standard InChI is InChI=1S/C19H17Cl3FN3O3/c20-13-9-14(21)18(28)16(17(13)22)19(29)26-7-5-25(6-8-26)10-15(27)24-12-3-1-11(23)2-4-12/h1-4,9,28H,5-8,10H2,(H,24,27). The van der Waals surface area contributed by atoms with E-state index in [0.717, 1.165) is 0 Å². The molecule has 0 radical (unpaired) electrons. The highest BCUT2D eigenvalue weighted by Crippen LogP contribution is 2.39. The van der Waals surface area contributed by atoms with E-state index in [1.54, 1.807) is 0 Å². The average molecular weight is 461 g/mol. The van der Waals surface area contributed by atoms with Crippen LogP contribution in [0, 0.1) is 5.82 Å². The number of phenolic OH excluding ortho intramolecular Hbond substituents is 1. The summed E-state index contributed by atoms with van der Waals surface area (Å²) in [5, 5.41) is 12.8. The molecule has 2 aromatic carbocycles. The van der Waals surface area contributed by atoms with Gasteiger partial charge in [-0.3, -0.25) is 14.5 Å². The van der Waals surface area contributed by atoms with Crippen molar-refractivity contribution in [1.29, 1.82) is 0 Å². The van der Waals surface area contributed by atoms with E-state index in [9.17, 15) is 19.1 Å². The molecule has 1 heterocycles. The van der Waals surface area contributed by atoms with E-state index in [2.05, 4.69) is 5.32 Å². The molecule has 0 unspecified atom stereocenters. The summed E-state index contributed by atoms with van der Waals surface area (Å²) in [5.41, 5.74) is 0.375. The van der Waals surface area contributed by atoms with Gasteiger partial charge in [-0.05, 0) is 30.3 Å². The minimum Gasteiger partial charge on any atom is -0.505 e. The predicted molar refractivity (Wildman–Crippen MR) is 111 cm³/mol. The van der Waals surface area contributed by atoms with E-state index in [4.69, 9.17) is 34.8 Å². The Hall–Kier alpha value is -2.06. The molecule has 6 nitrogen and oxygen atoms in total. The zero-order valence-electron chi connectivity index (χ0n) is 15.1. The Labute approximate surface area is 181 Å². The van der Waals surface area contributed by atoms with Gasteiger partial charge >= 0.3 is 0 Å². The van der Waals surface area contributed by atoms with Crippen LogP contribution in [-0.4, -0.2) is 59.4 Å². The average Bonchev–Trinajstić information content (AvgIpc) is 2.69. The molecule has 0 aromatic heterocycles. The highest BCUT2D eigenvalue weighted by atomic mass is 35.5. The number of phenols is 1. The first-order chi connectivity index (χ1) is 13.8. The van der Waals surface area contributed by atoms with E-state index in [1.165, 1.54) is 35.2 Å². The SMILES string of the molecule is O=C(CN1CCN(C(=O)c2c(O)c(Cl)cc(Cl)c2Cl)CC1)Nc1ccc(F)cc1. The van der Waals surface area contributed by atoms with Crippen LogP contribution >= 0.6 is 34.8 Å². The number of amides is 2. The van der Waals surface area contributed by atoms with Crippen molar-refractivity contribution in [2.75, 3.05) is 38.0 Å². The lowest BCUT2D eigenvalue weighted by molar-refractivity contribution is -0.117. The monoisotopic (exact) mass is 459 g/mol. The number of carbonyl (C=O) groups is 2. The molecule has 1 aliphatic rings. The van der Waals surface area contributed by atoms with Crippen LogP contribution in [0.2, 0.25) is 15.1 Å². The van der Waals surface area contributed by atoms with Crippen LogP contribution in [0.4, 0.5) is 10.1 Å². The lowest BCUT2D eigenvalue weighted by Gasteiger charge is -2.34. The van der Waals surface area contributed by atoms with Gasteiger partial charge in [-0.15, -0.1) is 0 Å². The van der Waals surface area contributed by atoms with Crippen LogP contribution in [0.15, 0.2) is 30.3 Å². The summed E-state index contributed by atoms with van der Waals surface area (Å²) >= 11 is 17.9. The van der Waals surface area contributed by atoms with Crippen molar-refractivity contribution in [3.8, 4) is 5.75 Å². The zero-order valence-corrected chi connectivity index (χ0v) is 17.4. The maximum absolute atomic E-state index is 12.9. The highest BCUT2D eigenvalue weighted by Gasteiger charge is 2.28. The van der Waals surface area contributed by atoms with Gasteiger partial charge in [-0.25, -0.2) is 4.39 Å². The third-order valence-electron chi connectivity index (χ3n) is 4.51. The lowest BCUT2D eigenvalue weighted by atomic mass is 10.1. The summed E-state index contributed by atoms with van der Waals surface area (Å²) in [5.74, 6) is -1.51. The molecular formula is C19H17Cl3FN3O3. The molecule has 2 amide bonds. The third kappa shape index (κ3) is 5.11. The van der Waals surface area contributed by atoms with Crippen LogP contribution in [0.25, 0.3) is 0 Å². The van der Waals surface area contributed by atoms with Gasteiger partial charge < -0.3 is 15.3 Å². The Balaban J connectivity index is 1.57. The number of aromatic hydroxyl groups is 1. The number of anilines is 1. The van der Waals surface area contributed by atoms with Gasteiger partial charge in [0.15, 0.2) is 0 Å². The first kappa shape index (κ1) is 21.6. The van der Waals surface area contributed by atoms with E-state index in [-0.39, 0.29) is 38.9 Å². The number of hydrogen-bond acceptors (Lipinski definition) is 4. The topological polar surface area (TPSA) is 72.9 Å². The van der Waals surface area contributed by atoms with Gasteiger partial charge in [0.1, 0.15) is 17.1 Å². The Morgan fingerprint density at radius 2 is 1.66 bits per heavy atom. The molecule has 1 saturated heterocycles. The van der Waals surface area contributed by atoms with Crippen LogP contribution in [-0.2, 0) is 4.79 Å². The fraction of sp³-hybridized carbons (Fsp3) is 0.263. The number of halogens is 4. The van der Waals surface area contributed by atoms with Crippen molar-refractivity contribution in [3.63, 3.8) is 0 Å². The molecule has 10 heteroatoms. The second-order valence-electron chi connectivity index (χ2n) is 6.50. The molecule has 0 bridgehead atoms. The van der Waals surface area contributed by atoms with Gasteiger partial charge in [-0.2, -0.15) is 0 Å². The van der Waals surface area contributed by atoms with Crippen molar-refractivity contribution in [1.82, 2.24) is 9.80 Å². The minimum atomic E-state index is -0.479. The number of nitrogens with zero attached hydrogens (tertiary/aromatic N) is 2. The van der Waals surface area contributed by atoms with Crippen molar-refractivity contribution in [3.05, 3.63) is 56.8 Å². The van der Waals surface area contributed by atoms with Crippen molar-refractivity contribution >= 4 is 52.3 Å². The number of benzene rings is 2. The molecule has 2 N–H and O–H groups in total. The summed E-state index contributed by atoms with van der Waals surface area (Å²) in [6.45, 7) is 1.71. The van der Waals surface area contributed by atoms with E-state index in [1.807, 2.05) is 4.90 Å². The summed E-state index contributed by atoms with van der Waals surface area (Å²) in [6.07, 6.45) is 0. The second-order valence-corrected chi connectivity index (χ2v) is 7.69. The molecule has 1 aliphatic heterocycles. The molecule has 0 atom stereocenters. The maximum atomic E-state index is 12.9. The van der Waals surface area contributed by atoms with Crippen molar-refractivity contribution in [2.24, 2.45) is 0 Å².